The van der Waals surface area contributed by atoms with Crippen LogP contribution in [0.1, 0.15) is 18.9 Å². The normalized spacial score (nSPS) is 10.6. The number of nitrogens with one attached hydrogen (secondary N) is 2. The molecule has 0 bridgehead atoms. The van der Waals surface area contributed by atoms with E-state index < -0.39 is 0 Å². The summed E-state index contributed by atoms with van der Waals surface area (Å²) in [6.45, 7) is 3.93. The summed E-state index contributed by atoms with van der Waals surface area (Å²) in [7, 11) is 4.09. The number of aromatic nitrogens is 2. The van der Waals surface area contributed by atoms with Gasteiger partial charge in [-0.2, -0.15) is 0 Å². The molecular formula is C11H22N6. The van der Waals surface area contributed by atoms with E-state index in [-0.39, 0.29) is 0 Å². The first kappa shape index (κ1) is 13.7. The van der Waals surface area contributed by atoms with Crippen LogP contribution in [0.25, 0.3) is 0 Å². The van der Waals surface area contributed by atoms with Crippen molar-refractivity contribution in [2.24, 2.45) is 5.84 Å². The first-order valence-corrected chi connectivity index (χ1v) is 5.88. The highest BCUT2D eigenvalue weighted by molar-refractivity contribution is 5.56. The van der Waals surface area contributed by atoms with Gasteiger partial charge in [-0.15, -0.1) is 0 Å². The van der Waals surface area contributed by atoms with Gasteiger partial charge in [0.2, 0.25) is 0 Å². The maximum atomic E-state index is 5.45. The lowest BCUT2D eigenvalue weighted by Crippen LogP contribution is -2.22. The summed E-state index contributed by atoms with van der Waals surface area (Å²) in [6, 6.07) is 0. The molecule has 0 aliphatic heterocycles. The van der Waals surface area contributed by atoms with Gasteiger partial charge in [0.25, 0.3) is 0 Å². The van der Waals surface area contributed by atoms with E-state index in [1.807, 2.05) is 14.1 Å². The molecule has 4 N–H and O–H groups in total. The van der Waals surface area contributed by atoms with Gasteiger partial charge >= 0.3 is 0 Å². The Morgan fingerprint density at radius 1 is 1.29 bits per heavy atom. The number of rotatable bonds is 7. The van der Waals surface area contributed by atoms with E-state index in [9.17, 15) is 0 Å². The molecule has 0 unspecified atom stereocenters. The summed E-state index contributed by atoms with van der Waals surface area (Å²) >= 11 is 0. The van der Waals surface area contributed by atoms with E-state index in [2.05, 4.69) is 32.5 Å². The molecule has 0 saturated heterocycles. The molecule has 0 radical (unpaired) electrons. The molecule has 0 amide bonds. The molecule has 0 saturated carbocycles. The fraction of sp³-hybridized carbons (Fsp3) is 0.636. The lowest BCUT2D eigenvalue weighted by Gasteiger charge is -2.15. The lowest BCUT2D eigenvalue weighted by molar-refractivity contribution is 0.425. The molecule has 0 spiro atoms. The van der Waals surface area contributed by atoms with Crippen LogP contribution in [0, 0.1) is 0 Å². The number of anilines is 2. The van der Waals surface area contributed by atoms with Gasteiger partial charge in [0.15, 0.2) is 0 Å². The van der Waals surface area contributed by atoms with Crippen LogP contribution in [0.2, 0.25) is 0 Å². The number of likely N-dealkylation sites (N-methyl/N-ethyl adjacent to an activating group) is 1. The summed E-state index contributed by atoms with van der Waals surface area (Å²) in [6.07, 6.45) is 3.46. The van der Waals surface area contributed by atoms with Gasteiger partial charge in [-0.1, -0.05) is 13.3 Å². The number of nitrogen functional groups attached to an aromatic ring is 1. The Morgan fingerprint density at radius 3 is 2.59 bits per heavy atom. The number of hydrogen-bond acceptors (Lipinski definition) is 6. The standard InChI is InChI=1S/C11H22N6/c1-4-5-9-10(13-6-7-17(2)3)14-8-15-11(9)16-12/h8H,4-7,12H2,1-3H3,(H2,13,14,15,16). The third-order valence-electron chi connectivity index (χ3n) is 2.43. The molecule has 0 atom stereocenters. The van der Waals surface area contributed by atoms with Crippen molar-refractivity contribution in [3.8, 4) is 0 Å². The van der Waals surface area contributed by atoms with E-state index in [0.29, 0.717) is 5.82 Å². The van der Waals surface area contributed by atoms with Crippen molar-refractivity contribution in [2.45, 2.75) is 19.8 Å². The number of nitrogens with zero attached hydrogens (tertiary/aromatic N) is 3. The van der Waals surface area contributed by atoms with Crippen LogP contribution >= 0.6 is 0 Å². The molecule has 96 valence electrons. The quantitative estimate of drug-likeness (QED) is 0.479. The van der Waals surface area contributed by atoms with Crippen LogP contribution in [0.5, 0.6) is 0 Å². The minimum atomic E-state index is 0.703. The first-order chi connectivity index (χ1) is 8.19. The highest BCUT2D eigenvalue weighted by atomic mass is 15.3. The molecule has 0 aliphatic rings. The predicted octanol–water partition coefficient (Wildman–Crippen LogP) is 0.688. The molecule has 6 nitrogen and oxygen atoms in total. The third kappa shape index (κ3) is 4.16. The van der Waals surface area contributed by atoms with Crippen molar-refractivity contribution >= 4 is 11.6 Å². The summed E-state index contributed by atoms with van der Waals surface area (Å²) in [5, 5.41) is 3.32. The molecule has 1 aromatic rings. The highest BCUT2D eigenvalue weighted by Crippen LogP contribution is 2.20. The molecule has 0 aliphatic carbocycles. The van der Waals surface area contributed by atoms with Crippen molar-refractivity contribution < 1.29 is 0 Å². The van der Waals surface area contributed by atoms with Crippen molar-refractivity contribution in [3.05, 3.63) is 11.9 Å². The molecular weight excluding hydrogens is 216 g/mol. The summed E-state index contributed by atoms with van der Waals surface area (Å²) in [5.41, 5.74) is 3.67. The Kier molecular flexibility index (Phi) is 5.65. The van der Waals surface area contributed by atoms with Crippen LogP contribution < -0.4 is 16.6 Å². The number of hydrazine groups is 1. The topological polar surface area (TPSA) is 79.1 Å². The Bertz CT molecular complexity index is 339. The smallest absolute Gasteiger partial charge is 0.148 e. The van der Waals surface area contributed by atoms with Crippen LogP contribution in [0.15, 0.2) is 6.33 Å². The van der Waals surface area contributed by atoms with E-state index >= 15 is 0 Å². The SMILES string of the molecule is CCCc1c(NN)ncnc1NCCN(C)C. The van der Waals surface area contributed by atoms with Gasteiger partial charge in [0.05, 0.1) is 0 Å². The fourth-order valence-corrected chi connectivity index (χ4v) is 1.57. The van der Waals surface area contributed by atoms with Crippen molar-refractivity contribution in [2.75, 3.05) is 37.9 Å². The van der Waals surface area contributed by atoms with E-state index in [1.165, 1.54) is 6.33 Å². The Labute approximate surface area is 103 Å². The van der Waals surface area contributed by atoms with E-state index in [4.69, 9.17) is 5.84 Å². The minimum absolute atomic E-state index is 0.703. The number of nitrogens with two attached hydrogens (primary N) is 1. The van der Waals surface area contributed by atoms with Crippen molar-refractivity contribution in [1.29, 1.82) is 0 Å². The van der Waals surface area contributed by atoms with Gasteiger partial charge in [-0.05, 0) is 20.5 Å². The zero-order valence-corrected chi connectivity index (χ0v) is 10.8. The average Bonchev–Trinajstić information content (AvgIpc) is 2.30. The molecule has 1 aromatic heterocycles. The first-order valence-electron chi connectivity index (χ1n) is 5.88. The molecule has 0 fully saturated rings. The van der Waals surface area contributed by atoms with Gasteiger partial charge in [0.1, 0.15) is 18.0 Å². The Balaban J connectivity index is 2.75. The Hall–Kier alpha value is -1.40. The van der Waals surface area contributed by atoms with Gasteiger partial charge < -0.3 is 15.6 Å². The zero-order valence-electron chi connectivity index (χ0n) is 10.8. The second-order valence-electron chi connectivity index (χ2n) is 4.17. The highest BCUT2D eigenvalue weighted by Gasteiger charge is 2.09. The third-order valence-corrected chi connectivity index (χ3v) is 2.43. The van der Waals surface area contributed by atoms with Crippen LogP contribution in [0.4, 0.5) is 11.6 Å². The van der Waals surface area contributed by atoms with Crippen LogP contribution in [-0.4, -0.2) is 42.1 Å². The summed E-state index contributed by atoms with van der Waals surface area (Å²) in [5.74, 6) is 7.03. The fourth-order valence-electron chi connectivity index (χ4n) is 1.57. The average molecular weight is 238 g/mol. The molecule has 0 aromatic carbocycles. The second-order valence-corrected chi connectivity index (χ2v) is 4.17. The Morgan fingerprint density at radius 2 is 2.00 bits per heavy atom. The van der Waals surface area contributed by atoms with Crippen LogP contribution in [-0.2, 0) is 6.42 Å². The molecule has 1 rings (SSSR count). The summed E-state index contributed by atoms with van der Waals surface area (Å²) in [4.78, 5) is 10.5. The molecule has 1 heterocycles. The van der Waals surface area contributed by atoms with Crippen molar-refractivity contribution in [3.63, 3.8) is 0 Å². The molecule has 17 heavy (non-hydrogen) atoms. The maximum Gasteiger partial charge on any atom is 0.148 e. The van der Waals surface area contributed by atoms with E-state index in [0.717, 1.165) is 37.3 Å². The van der Waals surface area contributed by atoms with Gasteiger partial charge in [-0.25, -0.2) is 15.8 Å². The summed E-state index contributed by atoms with van der Waals surface area (Å²) < 4.78 is 0. The largest absolute Gasteiger partial charge is 0.368 e. The van der Waals surface area contributed by atoms with Gasteiger partial charge in [-0.3, -0.25) is 0 Å². The zero-order chi connectivity index (χ0) is 12.7. The maximum absolute atomic E-state index is 5.45. The monoisotopic (exact) mass is 238 g/mol. The van der Waals surface area contributed by atoms with Crippen LogP contribution in [0.3, 0.4) is 0 Å². The van der Waals surface area contributed by atoms with Gasteiger partial charge in [0, 0.05) is 18.7 Å². The van der Waals surface area contributed by atoms with Crippen molar-refractivity contribution in [1.82, 2.24) is 14.9 Å². The predicted molar refractivity (Wildman–Crippen MR) is 70.9 cm³/mol. The minimum Gasteiger partial charge on any atom is -0.368 e. The second kappa shape index (κ2) is 7.03. The van der Waals surface area contributed by atoms with E-state index in [1.54, 1.807) is 0 Å². The molecule has 6 heteroatoms. The number of hydrogen-bond donors (Lipinski definition) is 3. The lowest BCUT2D eigenvalue weighted by atomic mass is 10.1.